The molecule has 0 spiro atoms. The number of hydrogen-bond acceptors (Lipinski definition) is 3. The van der Waals surface area contributed by atoms with Crippen LogP contribution in [0.5, 0.6) is 0 Å². The van der Waals surface area contributed by atoms with Gasteiger partial charge in [-0.15, -0.1) is 0 Å². The van der Waals surface area contributed by atoms with Crippen molar-refractivity contribution in [3.8, 4) is 6.07 Å². The molecule has 3 nitrogen and oxygen atoms in total. The van der Waals surface area contributed by atoms with Crippen molar-refractivity contribution in [1.82, 2.24) is 4.90 Å². The summed E-state index contributed by atoms with van der Waals surface area (Å²) in [5.41, 5.74) is 1.04. The molecular weight excluding hydrogens is 231 g/mol. The second-order valence-corrected chi connectivity index (χ2v) is 4.99. The Balaban J connectivity index is 2.08. The van der Waals surface area contributed by atoms with E-state index in [0.717, 1.165) is 19.5 Å². The fourth-order valence-corrected chi connectivity index (χ4v) is 2.37. The number of hydrogen-bond donors (Lipinski definition) is 1. The standard InChI is InChI=1S/C14H17FN2O/c1-10-8-17(5-4-14(10)18)9-12-6-11(7-16)2-3-13(12)15/h2-3,6,10,14,18H,4-5,8-9H2,1H3. The third-order valence-electron chi connectivity index (χ3n) is 3.51. The predicted octanol–water partition coefficient (Wildman–Crippen LogP) is 1.90. The van der Waals surface area contributed by atoms with Crippen molar-refractivity contribution in [2.75, 3.05) is 13.1 Å². The van der Waals surface area contributed by atoms with Gasteiger partial charge in [-0.3, -0.25) is 4.90 Å². The summed E-state index contributed by atoms with van der Waals surface area (Å²) in [5, 5.41) is 18.5. The molecular formula is C14H17FN2O. The van der Waals surface area contributed by atoms with E-state index >= 15 is 0 Å². The van der Waals surface area contributed by atoms with Gasteiger partial charge in [-0.05, 0) is 30.5 Å². The van der Waals surface area contributed by atoms with Gasteiger partial charge >= 0.3 is 0 Å². The van der Waals surface area contributed by atoms with Crippen LogP contribution in [0.1, 0.15) is 24.5 Å². The highest BCUT2D eigenvalue weighted by Crippen LogP contribution is 2.20. The van der Waals surface area contributed by atoms with E-state index < -0.39 is 0 Å². The molecule has 1 aliphatic heterocycles. The Morgan fingerprint density at radius 1 is 1.56 bits per heavy atom. The second-order valence-electron chi connectivity index (χ2n) is 4.99. The van der Waals surface area contributed by atoms with Gasteiger partial charge < -0.3 is 5.11 Å². The highest BCUT2D eigenvalue weighted by molar-refractivity contribution is 5.33. The van der Waals surface area contributed by atoms with E-state index in [0.29, 0.717) is 17.7 Å². The first-order valence-corrected chi connectivity index (χ1v) is 6.19. The van der Waals surface area contributed by atoms with Gasteiger partial charge in [0.15, 0.2) is 0 Å². The van der Waals surface area contributed by atoms with Crippen LogP contribution in [0.3, 0.4) is 0 Å². The van der Waals surface area contributed by atoms with Crippen LogP contribution >= 0.6 is 0 Å². The van der Waals surface area contributed by atoms with Crippen molar-refractivity contribution in [2.45, 2.75) is 26.0 Å². The minimum absolute atomic E-state index is 0.209. The van der Waals surface area contributed by atoms with Crippen LogP contribution in [0, 0.1) is 23.1 Å². The number of likely N-dealkylation sites (tertiary alicyclic amines) is 1. The zero-order chi connectivity index (χ0) is 13.1. The minimum Gasteiger partial charge on any atom is -0.393 e. The fourth-order valence-electron chi connectivity index (χ4n) is 2.37. The summed E-state index contributed by atoms with van der Waals surface area (Å²) in [7, 11) is 0. The van der Waals surface area contributed by atoms with Crippen LogP contribution in [0.15, 0.2) is 18.2 Å². The molecule has 1 aromatic rings. The first kappa shape index (κ1) is 13.0. The molecule has 0 saturated carbocycles. The van der Waals surface area contributed by atoms with Crippen LogP contribution in [0.2, 0.25) is 0 Å². The van der Waals surface area contributed by atoms with Crippen molar-refractivity contribution in [3.63, 3.8) is 0 Å². The lowest BCUT2D eigenvalue weighted by molar-refractivity contribution is 0.0316. The van der Waals surface area contributed by atoms with Gasteiger partial charge in [0.25, 0.3) is 0 Å². The summed E-state index contributed by atoms with van der Waals surface area (Å²) in [5.74, 6) is -0.0614. The van der Waals surface area contributed by atoms with Crippen LogP contribution < -0.4 is 0 Å². The molecule has 96 valence electrons. The summed E-state index contributed by atoms with van der Waals surface area (Å²) >= 11 is 0. The molecule has 0 aliphatic carbocycles. The number of piperidine rings is 1. The normalized spacial score (nSPS) is 24.8. The Morgan fingerprint density at radius 2 is 2.33 bits per heavy atom. The quantitative estimate of drug-likeness (QED) is 0.869. The molecule has 2 unspecified atom stereocenters. The van der Waals surface area contributed by atoms with Crippen LogP contribution in [-0.2, 0) is 6.54 Å². The molecule has 2 rings (SSSR count). The molecule has 1 aliphatic rings. The van der Waals surface area contributed by atoms with E-state index in [4.69, 9.17) is 5.26 Å². The van der Waals surface area contributed by atoms with Crippen molar-refractivity contribution >= 4 is 0 Å². The third-order valence-corrected chi connectivity index (χ3v) is 3.51. The van der Waals surface area contributed by atoms with Gasteiger partial charge in [-0.2, -0.15) is 5.26 Å². The van der Waals surface area contributed by atoms with Gasteiger partial charge in [-0.25, -0.2) is 4.39 Å². The van der Waals surface area contributed by atoms with E-state index in [1.165, 1.54) is 12.1 Å². The lowest BCUT2D eigenvalue weighted by Gasteiger charge is -2.34. The Hall–Kier alpha value is -1.44. The molecule has 4 heteroatoms. The van der Waals surface area contributed by atoms with Crippen LogP contribution in [0.4, 0.5) is 4.39 Å². The largest absolute Gasteiger partial charge is 0.393 e. The van der Waals surface area contributed by atoms with Crippen molar-refractivity contribution in [3.05, 3.63) is 35.1 Å². The first-order chi connectivity index (χ1) is 8.60. The number of nitrogens with zero attached hydrogens (tertiary/aromatic N) is 2. The number of benzene rings is 1. The Morgan fingerprint density at radius 3 is 3.00 bits per heavy atom. The second kappa shape index (κ2) is 5.47. The molecule has 1 aromatic carbocycles. The van der Waals surface area contributed by atoms with E-state index in [1.54, 1.807) is 6.07 Å². The molecule has 18 heavy (non-hydrogen) atoms. The van der Waals surface area contributed by atoms with Crippen molar-refractivity contribution < 1.29 is 9.50 Å². The topological polar surface area (TPSA) is 47.3 Å². The maximum Gasteiger partial charge on any atom is 0.127 e. The van der Waals surface area contributed by atoms with E-state index in [9.17, 15) is 9.50 Å². The zero-order valence-electron chi connectivity index (χ0n) is 10.4. The Labute approximate surface area is 106 Å². The van der Waals surface area contributed by atoms with E-state index in [1.807, 2.05) is 13.0 Å². The van der Waals surface area contributed by atoms with Gasteiger partial charge in [0.2, 0.25) is 0 Å². The average Bonchev–Trinajstić information content (AvgIpc) is 2.36. The monoisotopic (exact) mass is 248 g/mol. The smallest absolute Gasteiger partial charge is 0.127 e. The third kappa shape index (κ3) is 2.87. The van der Waals surface area contributed by atoms with Gasteiger partial charge in [0.05, 0.1) is 17.7 Å². The summed E-state index contributed by atoms with van der Waals surface area (Å²) in [6.07, 6.45) is 0.470. The number of aliphatic hydroxyl groups is 1. The summed E-state index contributed by atoms with van der Waals surface area (Å²) in [6.45, 7) is 4.02. The number of halogens is 1. The molecule has 1 saturated heterocycles. The molecule has 0 bridgehead atoms. The van der Waals surface area contributed by atoms with Crippen LogP contribution in [0.25, 0.3) is 0 Å². The fraction of sp³-hybridized carbons (Fsp3) is 0.500. The van der Waals surface area contributed by atoms with Gasteiger partial charge in [-0.1, -0.05) is 6.92 Å². The maximum atomic E-state index is 13.6. The average molecular weight is 248 g/mol. The maximum absolute atomic E-state index is 13.6. The summed E-state index contributed by atoms with van der Waals surface area (Å²) < 4.78 is 13.6. The van der Waals surface area contributed by atoms with E-state index in [2.05, 4.69) is 4.90 Å². The number of nitriles is 1. The molecule has 0 radical (unpaired) electrons. The number of rotatable bonds is 2. The van der Waals surface area contributed by atoms with Crippen molar-refractivity contribution in [1.29, 1.82) is 5.26 Å². The van der Waals surface area contributed by atoms with Gasteiger partial charge in [0, 0.05) is 25.2 Å². The molecule has 2 atom stereocenters. The van der Waals surface area contributed by atoms with Crippen molar-refractivity contribution in [2.24, 2.45) is 5.92 Å². The summed E-state index contributed by atoms with van der Waals surface area (Å²) in [4.78, 5) is 2.12. The number of aliphatic hydroxyl groups excluding tert-OH is 1. The molecule has 1 heterocycles. The SMILES string of the molecule is CC1CN(Cc2cc(C#N)ccc2F)CCC1O. The molecule has 0 aromatic heterocycles. The summed E-state index contributed by atoms with van der Waals surface area (Å²) in [6, 6.07) is 6.46. The predicted molar refractivity (Wildman–Crippen MR) is 66.2 cm³/mol. The highest BCUT2D eigenvalue weighted by atomic mass is 19.1. The zero-order valence-corrected chi connectivity index (χ0v) is 10.4. The lowest BCUT2D eigenvalue weighted by Crippen LogP contribution is -2.41. The molecule has 1 N–H and O–H groups in total. The lowest BCUT2D eigenvalue weighted by atomic mass is 9.96. The Kier molecular flexibility index (Phi) is 3.95. The highest BCUT2D eigenvalue weighted by Gasteiger charge is 2.24. The molecule has 1 fully saturated rings. The Bertz CT molecular complexity index is 469. The van der Waals surface area contributed by atoms with E-state index in [-0.39, 0.29) is 17.8 Å². The first-order valence-electron chi connectivity index (χ1n) is 6.19. The minimum atomic E-state index is -0.271. The van der Waals surface area contributed by atoms with Gasteiger partial charge in [0.1, 0.15) is 5.82 Å². The molecule has 0 amide bonds. The van der Waals surface area contributed by atoms with Crippen LogP contribution in [-0.4, -0.2) is 29.2 Å².